The first-order valence-electron chi connectivity index (χ1n) is 13.9. The van der Waals surface area contributed by atoms with Crippen LogP contribution in [-0.2, 0) is 11.3 Å². The van der Waals surface area contributed by atoms with Crippen molar-refractivity contribution >= 4 is 51.6 Å². The van der Waals surface area contributed by atoms with Crippen LogP contribution in [0.1, 0.15) is 24.2 Å². The van der Waals surface area contributed by atoms with Gasteiger partial charge in [0.2, 0.25) is 11.8 Å². The molecule has 2 N–H and O–H groups in total. The molecule has 0 spiro atoms. The number of nitrogens with one attached hydrogen (secondary N) is 2. The highest BCUT2D eigenvalue weighted by atomic mass is 35.5. The fourth-order valence-corrected chi connectivity index (χ4v) is 5.80. The van der Waals surface area contributed by atoms with Crippen molar-refractivity contribution in [1.82, 2.24) is 30.2 Å². The summed E-state index contributed by atoms with van der Waals surface area (Å²) in [5.41, 5.74) is 5.87. The molecule has 1 saturated heterocycles. The Morgan fingerprint density at radius 1 is 0.930 bits per heavy atom. The molecule has 218 valence electrons. The molecule has 0 unspecified atom stereocenters. The van der Waals surface area contributed by atoms with Crippen LogP contribution in [0.2, 0.25) is 10.0 Å². The van der Waals surface area contributed by atoms with Gasteiger partial charge in [-0.2, -0.15) is 0 Å². The number of carbonyl (C=O) groups excluding carboxylic acids is 1. The quantitative estimate of drug-likeness (QED) is 0.187. The van der Waals surface area contributed by atoms with Crippen LogP contribution in [0.25, 0.3) is 33.4 Å². The maximum Gasteiger partial charge on any atom is 0.223 e. The number of likely N-dealkylation sites (tertiary alicyclic amines) is 1. The first kappa shape index (κ1) is 28.8. The number of nitrogens with zero attached hydrogens (tertiary/aromatic N) is 5. The minimum atomic E-state index is 0.179. The molecule has 0 aliphatic carbocycles. The summed E-state index contributed by atoms with van der Waals surface area (Å²) >= 11 is 14.0. The molecule has 2 aromatic carbocycles. The topological polar surface area (TPSA) is 105 Å². The lowest BCUT2D eigenvalue weighted by atomic mass is 10.00. The number of anilines is 2. The summed E-state index contributed by atoms with van der Waals surface area (Å²) in [7, 11) is 1.59. The van der Waals surface area contributed by atoms with Crippen LogP contribution in [-0.4, -0.2) is 51.1 Å². The highest BCUT2D eigenvalue weighted by molar-refractivity contribution is 6.39. The molecule has 9 nitrogen and oxygen atoms in total. The van der Waals surface area contributed by atoms with E-state index in [1.807, 2.05) is 72.5 Å². The average molecular weight is 615 g/mol. The monoisotopic (exact) mass is 613 g/mol. The lowest BCUT2D eigenvalue weighted by Crippen LogP contribution is -2.34. The second-order valence-electron chi connectivity index (χ2n) is 10.2. The van der Waals surface area contributed by atoms with Crippen LogP contribution in [0.15, 0.2) is 66.9 Å². The molecule has 0 bridgehead atoms. The van der Waals surface area contributed by atoms with Crippen molar-refractivity contribution in [2.45, 2.75) is 26.3 Å². The van der Waals surface area contributed by atoms with Gasteiger partial charge in [0, 0.05) is 48.0 Å². The molecule has 0 atom stereocenters. The average Bonchev–Trinajstić information content (AvgIpc) is 3.43. The minimum Gasteiger partial charge on any atom is -0.481 e. The summed E-state index contributed by atoms with van der Waals surface area (Å²) in [5, 5.41) is 7.67. The summed E-state index contributed by atoms with van der Waals surface area (Å²) in [5.74, 6) is 1.86. The van der Waals surface area contributed by atoms with Gasteiger partial charge in [0.25, 0.3) is 0 Å². The Hall–Kier alpha value is -4.31. The standard InChI is InChI=1S/C32H29Cl2N7O2/c1-19-37-26-11-5-15-36-30(26)31(38-19)39-25-10-4-8-22(29(25)34)21-7-3-9-23(28(21)33)24-14-13-20(32(40-24)43-2)17-35-18-41-16-6-12-27(41)42/h3-5,7-11,13-15,35H,6,12,16-18H2,1-2H3,(H,37,38,39). The maximum absolute atomic E-state index is 11.9. The lowest BCUT2D eigenvalue weighted by Gasteiger charge is -2.17. The summed E-state index contributed by atoms with van der Waals surface area (Å²) in [4.78, 5) is 32.0. The molecule has 43 heavy (non-hydrogen) atoms. The van der Waals surface area contributed by atoms with Crippen LogP contribution in [0.3, 0.4) is 0 Å². The van der Waals surface area contributed by atoms with E-state index in [0.29, 0.717) is 64.1 Å². The third kappa shape index (κ3) is 5.97. The van der Waals surface area contributed by atoms with Gasteiger partial charge in [-0.05, 0) is 37.6 Å². The van der Waals surface area contributed by atoms with E-state index in [9.17, 15) is 4.79 Å². The number of hydrogen-bond donors (Lipinski definition) is 2. The van der Waals surface area contributed by atoms with Gasteiger partial charge >= 0.3 is 0 Å². The number of hydrogen-bond acceptors (Lipinski definition) is 8. The number of aromatic nitrogens is 4. The zero-order valence-corrected chi connectivity index (χ0v) is 25.2. The van der Waals surface area contributed by atoms with Crippen LogP contribution in [0.5, 0.6) is 5.88 Å². The molecular weight excluding hydrogens is 585 g/mol. The fourth-order valence-electron chi connectivity index (χ4n) is 5.20. The third-order valence-corrected chi connectivity index (χ3v) is 8.12. The second-order valence-corrected chi connectivity index (χ2v) is 10.9. The Bertz CT molecular complexity index is 1830. The number of benzene rings is 2. The smallest absolute Gasteiger partial charge is 0.223 e. The third-order valence-electron chi connectivity index (χ3n) is 7.31. The first-order valence-corrected chi connectivity index (χ1v) is 14.6. The van der Waals surface area contributed by atoms with Gasteiger partial charge < -0.3 is 15.0 Å². The van der Waals surface area contributed by atoms with E-state index in [1.54, 1.807) is 13.3 Å². The normalized spacial score (nSPS) is 13.1. The largest absolute Gasteiger partial charge is 0.481 e. The summed E-state index contributed by atoms with van der Waals surface area (Å²) in [6.45, 7) is 3.63. The molecule has 3 aromatic heterocycles. The molecule has 0 saturated carbocycles. The SMILES string of the molecule is COc1nc(-c2cccc(-c3cccc(Nc4nc(C)nc5cccnc45)c3Cl)c2Cl)ccc1CNCN1CCCC1=O. The minimum absolute atomic E-state index is 0.179. The highest BCUT2D eigenvalue weighted by Crippen LogP contribution is 2.42. The summed E-state index contributed by atoms with van der Waals surface area (Å²) < 4.78 is 5.62. The highest BCUT2D eigenvalue weighted by Gasteiger charge is 2.20. The molecule has 6 rings (SSSR count). The Morgan fingerprint density at radius 2 is 1.72 bits per heavy atom. The van der Waals surface area contributed by atoms with Crippen molar-refractivity contribution in [3.05, 3.63) is 88.3 Å². The molecule has 4 heterocycles. The molecule has 1 aliphatic rings. The Balaban J connectivity index is 1.28. The second kappa shape index (κ2) is 12.5. The molecule has 0 radical (unpaired) electrons. The van der Waals surface area contributed by atoms with Gasteiger partial charge in [-0.1, -0.05) is 59.6 Å². The van der Waals surface area contributed by atoms with E-state index in [0.717, 1.165) is 40.7 Å². The zero-order chi connectivity index (χ0) is 29.9. The number of ether oxygens (including phenoxy) is 1. The number of aryl methyl sites for hydroxylation is 1. The van der Waals surface area contributed by atoms with E-state index < -0.39 is 0 Å². The van der Waals surface area contributed by atoms with E-state index in [-0.39, 0.29) is 5.91 Å². The van der Waals surface area contributed by atoms with Crippen molar-refractivity contribution in [1.29, 1.82) is 0 Å². The Morgan fingerprint density at radius 3 is 2.51 bits per heavy atom. The number of amides is 1. The first-order chi connectivity index (χ1) is 20.9. The van der Waals surface area contributed by atoms with E-state index in [2.05, 4.69) is 25.6 Å². The van der Waals surface area contributed by atoms with Crippen LogP contribution >= 0.6 is 23.2 Å². The number of fused-ring (bicyclic) bond motifs is 1. The van der Waals surface area contributed by atoms with Crippen molar-refractivity contribution in [2.75, 3.05) is 25.6 Å². The van der Waals surface area contributed by atoms with Crippen LogP contribution < -0.4 is 15.4 Å². The van der Waals surface area contributed by atoms with E-state index in [4.69, 9.17) is 32.9 Å². The number of methoxy groups -OCH3 is 1. The zero-order valence-electron chi connectivity index (χ0n) is 23.7. The fraction of sp³-hybridized carbons (Fsp3) is 0.219. The van der Waals surface area contributed by atoms with Gasteiger partial charge in [0.05, 0.1) is 40.7 Å². The van der Waals surface area contributed by atoms with Crippen molar-refractivity contribution in [3.8, 4) is 28.3 Å². The lowest BCUT2D eigenvalue weighted by molar-refractivity contribution is -0.128. The molecule has 5 aromatic rings. The van der Waals surface area contributed by atoms with Gasteiger partial charge in [-0.3, -0.25) is 15.1 Å². The van der Waals surface area contributed by atoms with E-state index >= 15 is 0 Å². The number of halogens is 2. The predicted molar refractivity (Wildman–Crippen MR) is 170 cm³/mol. The van der Waals surface area contributed by atoms with Crippen LogP contribution in [0, 0.1) is 6.92 Å². The number of rotatable bonds is 9. The van der Waals surface area contributed by atoms with Gasteiger partial charge in [0.15, 0.2) is 5.82 Å². The van der Waals surface area contributed by atoms with E-state index in [1.165, 1.54) is 0 Å². The Kier molecular flexibility index (Phi) is 8.38. The molecule has 1 fully saturated rings. The Labute approximate surface area is 259 Å². The van der Waals surface area contributed by atoms with Crippen LogP contribution in [0.4, 0.5) is 11.5 Å². The maximum atomic E-state index is 11.9. The van der Waals surface area contributed by atoms with Crippen molar-refractivity contribution in [3.63, 3.8) is 0 Å². The van der Waals surface area contributed by atoms with Gasteiger partial charge in [-0.15, -0.1) is 0 Å². The van der Waals surface area contributed by atoms with Gasteiger partial charge in [-0.25, -0.2) is 15.0 Å². The molecule has 1 amide bonds. The summed E-state index contributed by atoms with van der Waals surface area (Å²) in [6, 6.07) is 19.1. The molecule has 1 aliphatic heterocycles. The predicted octanol–water partition coefficient (Wildman–Crippen LogP) is 6.79. The number of pyridine rings is 2. The molecule has 11 heteroatoms. The summed E-state index contributed by atoms with van der Waals surface area (Å²) in [6.07, 6.45) is 3.23. The van der Waals surface area contributed by atoms with Crippen molar-refractivity contribution < 1.29 is 9.53 Å². The van der Waals surface area contributed by atoms with Crippen molar-refractivity contribution in [2.24, 2.45) is 0 Å². The number of carbonyl (C=O) groups is 1. The molecular formula is C32H29Cl2N7O2. The van der Waals surface area contributed by atoms with Gasteiger partial charge in [0.1, 0.15) is 11.3 Å².